The summed E-state index contributed by atoms with van der Waals surface area (Å²) in [6.07, 6.45) is -1.08. The molecule has 8 nitrogen and oxygen atoms in total. The first kappa shape index (κ1) is 25.7. The molecule has 5 rings (SSSR count). The van der Waals surface area contributed by atoms with Crippen LogP contribution in [0.1, 0.15) is 22.1 Å². The molecule has 1 unspecified atom stereocenters. The highest BCUT2D eigenvalue weighted by molar-refractivity contribution is 7.20. The van der Waals surface area contributed by atoms with Crippen LogP contribution < -0.4 is 15.8 Å². The lowest BCUT2D eigenvalue weighted by molar-refractivity contribution is 0.0342. The van der Waals surface area contributed by atoms with E-state index in [2.05, 4.69) is 10.2 Å². The lowest BCUT2D eigenvalue weighted by Gasteiger charge is -2.26. The molecule has 4 N–H and O–H groups in total. The fourth-order valence-corrected chi connectivity index (χ4v) is 5.24. The number of thiophene rings is 1. The molecule has 0 spiro atoms. The van der Waals surface area contributed by atoms with E-state index in [9.17, 15) is 4.79 Å². The summed E-state index contributed by atoms with van der Waals surface area (Å²) >= 11 is 1.44. The maximum Gasteiger partial charge on any atom is 0.411 e. The molecule has 2 heterocycles. The van der Waals surface area contributed by atoms with Crippen LogP contribution in [0.2, 0.25) is 0 Å². The summed E-state index contributed by atoms with van der Waals surface area (Å²) in [6, 6.07) is 25.0. The Kier molecular flexibility index (Phi) is 8.18. The number of amides is 1. The maximum atomic E-state index is 12.6. The predicted molar refractivity (Wildman–Crippen MR) is 150 cm³/mol. The van der Waals surface area contributed by atoms with E-state index in [0.717, 1.165) is 48.5 Å². The van der Waals surface area contributed by atoms with Gasteiger partial charge in [-0.2, -0.15) is 0 Å². The Morgan fingerprint density at radius 2 is 1.82 bits per heavy atom. The molecule has 0 bridgehead atoms. The number of nitrogens with two attached hydrogens (primary N) is 1. The number of fused-ring (bicyclic) bond motifs is 1. The van der Waals surface area contributed by atoms with Gasteiger partial charge in [0.2, 0.25) is 0 Å². The monoisotopic (exact) mass is 530 g/mol. The van der Waals surface area contributed by atoms with Gasteiger partial charge in [-0.15, -0.1) is 11.3 Å². The molecule has 38 heavy (non-hydrogen) atoms. The number of morpholine rings is 1. The Hall–Kier alpha value is -3.92. The Morgan fingerprint density at radius 3 is 2.55 bits per heavy atom. The van der Waals surface area contributed by atoms with E-state index in [1.807, 2.05) is 78.9 Å². The first-order valence-electron chi connectivity index (χ1n) is 12.5. The SMILES string of the molecule is N=C(N)c1cc2c(OC(COC(=O)Nc3ccc(CN4CCOCC4)cc3)c3ccccc3)cccc2s1. The van der Waals surface area contributed by atoms with Gasteiger partial charge in [0.1, 0.15) is 18.2 Å². The van der Waals surface area contributed by atoms with Gasteiger partial charge in [0.25, 0.3) is 0 Å². The summed E-state index contributed by atoms with van der Waals surface area (Å²) < 4.78 is 18.3. The average molecular weight is 531 g/mol. The van der Waals surface area contributed by atoms with E-state index in [1.165, 1.54) is 16.9 Å². The topological polar surface area (TPSA) is 110 Å². The summed E-state index contributed by atoms with van der Waals surface area (Å²) in [6.45, 7) is 4.26. The van der Waals surface area contributed by atoms with E-state index >= 15 is 0 Å². The number of rotatable bonds is 9. The zero-order chi connectivity index (χ0) is 26.3. The van der Waals surface area contributed by atoms with Crippen molar-refractivity contribution in [2.75, 3.05) is 38.2 Å². The smallest absolute Gasteiger partial charge is 0.411 e. The van der Waals surface area contributed by atoms with E-state index in [0.29, 0.717) is 16.3 Å². The van der Waals surface area contributed by atoms with E-state index in [4.69, 9.17) is 25.4 Å². The minimum atomic E-state index is -0.553. The number of anilines is 1. The van der Waals surface area contributed by atoms with Crippen LogP contribution in [0.5, 0.6) is 5.75 Å². The lowest BCUT2D eigenvalue weighted by Crippen LogP contribution is -2.35. The molecular formula is C29H30N4O4S. The second-order valence-electron chi connectivity index (χ2n) is 9.02. The highest BCUT2D eigenvalue weighted by Crippen LogP contribution is 2.35. The predicted octanol–water partition coefficient (Wildman–Crippen LogP) is 5.39. The minimum absolute atomic E-state index is 0.0189. The molecule has 0 saturated carbocycles. The third-order valence-electron chi connectivity index (χ3n) is 6.30. The van der Waals surface area contributed by atoms with Crippen molar-refractivity contribution in [1.82, 2.24) is 4.90 Å². The molecule has 1 saturated heterocycles. The molecule has 3 aromatic carbocycles. The third kappa shape index (κ3) is 6.49. The Morgan fingerprint density at radius 1 is 1.05 bits per heavy atom. The van der Waals surface area contributed by atoms with Crippen molar-refractivity contribution in [3.63, 3.8) is 0 Å². The number of hydrogen-bond donors (Lipinski definition) is 3. The second-order valence-corrected chi connectivity index (χ2v) is 10.1. The highest BCUT2D eigenvalue weighted by atomic mass is 32.1. The van der Waals surface area contributed by atoms with Gasteiger partial charge in [0, 0.05) is 35.4 Å². The first-order chi connectivity index (χ1) is 18.5. The van der Waals surface area contributed by atoms with Crippen molar-refractivity contribution in [2.45, 2.75) is 12.6 Å². The summed E-state index contributed by atoms with van der Waals surface area (Å²) in [5.74, 6) is 0.658. The summed E-state index contributed by atoms with van der Waals surface area (Å²) in [4.78, 5) is 15.7. The number of nitrogens with one attached hydrogen (secondary N) is 2. The van der Waals surface area contributed by atoms with Gasteiger partial charge in [-0.3, -0.25) is 15.6 Å². The van der Waals surface area contributed by atoms with Crippen LogP contribution >= 0.6 is 11.3 Å². The highest BCUT2D eigenvalue weighted by Gasteiger charge is 2.19. The molecule has 1 amide bonds. The molecule has 1 atom stereocenters. The maximum absolute atomic E-state index is 12.6. The fourth-order valence-electron chi connectivity index (χ4n) is 4.31. The summed E-state index contributed by atoms with van der Waals surface area (Å²) in [5.41, 5.74) is 8.42. The molecule has 1 fully saturated rings. The second kappa shape index (κ2) is 12.1. The van der Waals surface area contributed by atoms with Crippen LogP contribution in [0, 0.1) is 5.41 Å². The zero-order valence-electron chi connectivity index (χ0n) is 20.9. The molecule has 0 radical (unpaired) electrons. The van der Waals surface area contributed by atoms with E-state index < -0.39 is 12.2 Å². The van der Waals surface area contributed by atoms with Gasteiger partial charge in [0.15, 0.2) is 6.10 Å². The molecule has 1 aromatic heterocycles. The van der Waals surface area contributed by atoms with Crippen LogP contribution in [0.3, 0.4) is 0 Å². The van der Waals surface area contributed by atoms with Crippen LogP contribution in [0.4, 0.5) is 10.5 Å². The Bertz CT molecular complexity index is 1380. The largest absolute Gasteiger partial charge is 0.481 e. The molecule has 1 aliphatic heterocycles. The third-order valence-corrected chi connectivity index (χ3v) is 7.44. The summed E-state index contributed by atoms with van der Waals surface area (Å²) in [7, 11) is 0. The van der Waals surface area contributed by atoms with Crippen molar-refractivity contribution in [1.29, 1.82) is 5.41 Å². The number of hydrogen-bond acceptors (Lipinski definition) is 7. The zero-order valence-corrected chi connectivity index (χ0v) is 21.7. The Balaban J connectivity index is 1.23. The van der Waals surface area contributed by atoms with Crippen LogP contribution in [-0.4, -0.2) is 49.7 Å². The van der Waals surface area contributed by atoms with Gasteiger partial charge in [0.05, 0.1) is 18.1 Å². The average Bonchev–Trinajstić information content (AvgIpc) is 3.39. The molecule has 4 aromatic rings. The van der Waals surface area contributed by atoms with Crippen molar-refractivity contribution in [3.8, 4) is 5.75 Å². The molecular weight excluding hydrogens is 500 g/mol. The van der Waals surface area contributed by atoms with Gasteiger partial charge >= 0.3 is 6.09 Å². The standard InChI is InChI=1S/C29H30N4O4S/c30-28(31)27-17-23-24(7-4-8-26(23)38-27)37-25(21-5-2-1-3-6-21)19-36-29(34)32-22-11-9-20(10-12-22)18-33-13-15-35-16-14-33/h1-12,17,25H,13-16,18-19H2,(H3,30,31)(H,32,34). The van der Waals surface area contributed by atoms with Crippen LogP contribution in [0.25, 0.3) is 10.1 Å². The molecule has 0 aliphatic carbocycles. The van der Waals surface area contributed by atoms with E-state index in [1.54, 1.807) is 0 Å². The van der Waals surface area contributed by atoms with Crippen molar-refractivity contribution < 1.29 is 19.0 Å². The van der Waals surface area contributed by atoms with Gasteiger partial charge in [-0.1, -0.05) is 48.5 Å². The summed E-state index contributed by atoms with van der Waals surface area (Å²) in [5, 5.41) is 11.4. The number of nitrogen functional groups attached to an aromatic ring is 1. The Labute approximate surface area is 225 Å². The van der Waals surface area contributed by atoms with E-state index in [-0.39, 0.29) is 12.4 Å². The van der Waals surface area contributed by atoms with Crippen LogP contribution in [0.15, 0.2) is 78.9 Å². The quantitative estimate of drug-likeness (QED) is 0.198. The fraction of sp³-hybridized carbons (Fsp3) is 0.241. The van der Waals surface area contributed by atoms with Crippen LogP contribution in [-0.2, 0) is 16.0 Å². The number of carbonyl (C=O) groups excluding carboxylic acids is 1. The van der Waals surface area contributed by atoms with Gasteiger partial charge in [-0.05, 0) is 41.5 Å². The molecule has 1 aliphatic rings. The lowest BCUT2D eigenvalue weighted by atomic mass is 10.1. The number of nitrogens with zero attached hydrogens (tertiary/aromatic N) is 1. The van der Waals surface area contributed by atoms with Crippen molar-refractivity contribution >= 4 is 39.0 Å². The number of carbonyl (C=O) groups is 1. The number of amidine groups is 1. The molecule has 9 heteroatoms. The van der Waals surface area contributed by atoms with Crippen molar-refractivity contribution in [3.05, 3.63) is 94.9 Å². The minimum Gasteiger partial charge on any atom is -0.481 e. The first-order valence-corrected chi connectivity index (χ1v) is 13.3. The molecule has 196 valence electrons. The van der Waals surface area contributed by atoms with Crippen molar-refractivity contribution in [2.24, 2.45) is 5.73 Å². The normalized spacial score (nSPS) is 14.6. The van der Waals surface area contributed by atoms with Gasteiger partial charge in [-0.25, -0.2) is 4.79 Å². The number of ether oxygens (including phenoxy) is 3. The number of benzene rings is 3. The van der Waals surface area contributed by atoms with Gasteiger partial charge < -0.3 is 19.9 Å².